The molecule has 2 rings (SSSR count). The minimum atomic E-state index is -0.316. The van der Waals surface area contributed by atoms with E-state index in [1.807, 2.05) is 0 Å². The number of ether oxygens (including phenoxy) is 1. The van der Waals surface area contributed by atoms with Gasteiger partial charge in [-0.05, 0) is 19.0 Å². The van der Waals surface area contributed by atoms with E-state index in [9.17, 15) is 4.39 Å². The van der Waals surface area contributed by atoms with E-state index in [2.05, 4.69) is 22.2 Å². The third-order valence-electron chi connectivity index (χ3n) is 3.00. The number of hydrogen-bond acceptors (Lipinski definition) is 4. The van der Waals surface area contributed by atoms with Crippen LogP contribution in [0.5, 0.6) is 5.75 Å². The van der Waals surface area contributed by atoms with Crippen LogP contribution in [0.2, 0.25) is 0 Å². The molecule has 0 saturated heterocycles. The summed E-state index contributed by atoms with van der Waals surface area (Å²) in [6.45, 7) is 2.83. The monoisotopic (exact) mass is 275 g/mol. The molecule has 0 radical (unpaired) electrons. The van der Waals surface area contributed by atoms with Crippen LogP contribution in [0.3, 0.4) is 0 Å². The van der Waals surface area contributed by atoms with Crippen LogP contribution in [0, 0.1) is 5.82 Å². The van der Waals surface area contributed by atoms with Gasteiger partial charge in [-0.2, -0.15) is 0 Å². The summed E-state index contributed by atoms with van der Waals surface area (Å²) in [5.74, 6) is 0.184. The molecule has 1 aromatic carbocycles. The summed E-state index contributed by atoms with van der Waals surface area (Å²) in [6, 6.07) is 4.53. The van der Waals surface area contributed by atoms with Crippen molar-refractivity contribution in [3.63, 3.8) is 0 Å². The van der Waals surface area contributed by atoms with Crippen molar-refractivity contribution in [3.8, 4) is 5.75 Å². The maximum Gasteiger partial charge on any atom is 0.132 e. The summed E-state index contributed by atoms with van der Waals surface area (Å²) in [7, 11) is 1.52. The van der Waals surface area contributed by atoms with Crippen LogP contribution in [-0.4, -0.2) is 23.6 Å². The van der Waals surface area contributed by atoms with Crippen molar-refractivity contribution in [2.24, 2.45) is 0 Å². The average Bonchev–Trinajstić information content (AvgIpc) is 2.50. The molecule has 2 aromatic rings. The highest BCUT2D eigenvalue weighted by Crippen LogP contribution is 2.25. The fraction of sp³-hybridized carbons (Fsp3) is 0.333. The SMILES string of the molecule is CCCNC(c1cnccn1)c1ccc(OC)cc1F. The number of nitrogens with zero attached hydrogens (tertiary/aromatic N) is 2. The molecular weight excluding hydrogens is 257 g/mol. The molecule has 0 aliphatic rings. The Hall–Kier alpha value is -2.01. The second kappa shape index (κ2) is 6.96. The third-order valence-corrected chi connectivity index (χ3v) is 3.00. The Bertz CT molecular complexity index is 548. The van der Waals surface area contributed by atoms with Gasteiger partial charge in [0.25, 0.3) is 0 Å². The van der Waals surface area contributed by atoms with E-state index >= 15 is 0 Å². The van der Waals surface area contributed by atoms with E-state index in [-0.39, 0.29) is 11.9 Å². The largest absolute Gasteiger partial charge is 0.497 e. The summed E-state index contributed by atoms with van der Waals surface area (Å²) < 4.78 is 19.3. The first-order chi connectivity index (χ1) is 9.76. The Morgan fingerprint density at radius 3 is 2.80 bits per heavy atom. The molecule has 1 unspecified atom stereocenters. The lowest BCUT2D eigenvalue weighted by molar-refractivity contribution is 0.409. The minimum absolute atomic E-state index is 0.311. The van der Waals surface area contributed by atoms with Gasteiger partial charge >= 0.3 is 0 Å². The van der Waals surface area contributed by atoms with Crippen molar-refractivity contribution < 1.29 is 9.13 Å². The highest BCUT2D eigenvalue weighted by atomic mass is 19.1. The quantitative estimate of drug-likeness (QED) is 0.880. The zero-order valence-corrected chi connectivity index (χ0v) is 11.6. The molecule has 0 spiro atoms. The Morgan fingerprint density at radius 2 is 2.20 bits per heavy atom. The van der Waals surface area contributed by atoms with Crippen molar-refractivity contribution in [1.82, 2.24) is 15.3 Å². The van der Waals surface area contributed by atoms with Gasteiger partial charge in [0.05, 0.1) is 25.0 Å². The lowest BCUT2D eigenvalue weighted by Gasteiger charge is -2.19. The van der Waals surface area contributed by atoms with Gasteiger partial charge in [0.1, 0.15) is 11.6 Å². The van der Waals surface area contributed by atoms with Gasteiger partial charge in [-0.15, -0.1) is 0 Å². The average molecular weight is 275 g/mol. The van der Waals surface area contributed by atoms with Crippen LogP contribution in [0.4, 0.5) is 4.39 Å². The number of methoxy groups -OCH3 is 1. The summed E-state index contributed by atoms with van der Waals surface area (Å²) in [4.78, 5) is 8.32. The first-order valence-electron chi connectivity index (χ1n) is 6.59. The van der Waals surface area contributed by atoms with E-state index in [1.165, 1.54) is 13.2 Å². The van der Waals surface area contributed by atoms with Crippen LogP contribution in [-0.2, 0) is 0 Å². The second-order valence-electron chi connectivity index (χ2n) is 4.40. The fourth-order valence-corrected chi connectivity index (χ4v) is 1.99. The molecule has 1 atom stereocenters. The molecule has 0 aliphatic heterocycles. The molecule has 0 bridgehead atoms. The van der Waals surface area contributed by atoms with Crippen LogP contribution in [0.15, 0.2) is 36.8 Å². The van der Waals surface area contributed by atoms with Crippen LogP contribution in [0.1, 0.15) is 30.6 Å². The van der Waals surface area contributed by atoms with Gasteiger partial charge in [-0.1, -0.05) is 13.0 Å². The Balaban J connectivity index is 2.36. The van der Waals surface area contributed by atoms with Gasteiger partial charge in [0.2, 0.25) is 0 Å². The second-order valence-corrected chi connectivity index (χ2v) is 4.40. The molecule has 0 saturated carbocycles. The zero-order valence-electron chi connectivity index (χ0n) is 11.6. The van der Waals surface area contributed by atoms with Crippen molar-refractivity contribution in [2.45, 2.75) is 19.4 Å². The molecule has 1 aromatic heterocycles. The first kappa shape index (κ1) is 14.4. The number of aromatic nitrogens is 2. The lowest BCUT2D eigenvalue weighted by atomic mass is 10.0. The van der Waals surface area contributed by atoms with Crippen molar-refractivity contribution in [1.29, 1.82) is 0 Å². The number of hydrogen-bond donors (Lipinski definition) is 1. The van der Waals surface area contributed by atoms with Gasteiger partial charge in [0, 0.05) is 24.0 Å². The number of benzene rings is 1. The standard InChI is InChI=1S/C15H18FN3O/c1-3-6-19-15(14-10-17-7-8-18-14)12-5-4-11(20-2)9-13(12)16/h4-5,7-10,15,19H,3,6H2,1-2H3. The molecule has 1 N–H and O–H groups in total. The molecule has 20 heavy (non-hydrogen) atoms. The third kappa shape index (κ3) is 3.30. The lowest BCUT2D eigenvalue weighted by Crippen LogP contribution is -2.25. The maximum absolute atomic E-state index is 14.2. The molecule has 4 nitrogen and oxygen atoms in total. The molecule has 0 fully saturated rings. The van der Waals surface area contributed by atoms with Gasteiger partial charge in [-0.3, -0.25) is 9.97 Å². The van der Waals surface area contributed by atoms with E-state index in [1.54, 1.807) is 30.7 Å². The molecule has 106 valence electrons. The van der Waals surface area contributed by atoms with Crippen molar-refractivity contribution >= 4 is 0 Å². The molecular formula is C15H18FN3O. The van der Waals surface area contributed by atoms with E-state index in [4.69, 9.17) is 4.74 Å². The molecule has 0 amide bonds. The van der Waals surface area contributed by atoms with E-state index in [0.29, 0.717) is 17.0 Å². The van der Waals surface area contributed by atoms with Gasteiger partial charge < -0.3 is 10.1 Å². The number of rotatable bonds is 6. The number of halogens is 1. The summed E-state index contributed by atoms with van der Waals surface area (Å²) in [5, 5.41) is 3.30. The fourth-order valence-electron chi connectivity index (χ4n) is 1.99. The first-order valence-corrected chi connectivity index (χ1v) is 6.59. The van der Waals surface area contributed by atoms with Crippen LogP contribution in [0.25, 0.3) is 0 Å². The van der Waals surface area contributed by atoms with Gasteiger partial charge in [0.15, 0.2) is 0 Å². The minimum Gasteiger partial charge on any atom is -0.497 e. The highest BCUT2D eigenvalue weighted by Gasteiger charge is 2.19. The molecule has 5 heteroatoms. The van der Waals surface area contributed by atoms with Crippen LogP contribution < -0.4 is 10.1 Å². The Labute approximate surface area is 118 Å². The summed E-state index contributed by atoms with van der Waals surface area (Å²) >= 11 is 0. The summed E-state index contributed by atoms with van der Waals surface area (Å²) in [6.07, 6.45) is 5.81. The van der Waals surface area contributed by atoms with Crippen LogP contribution >= 0.6 is 0 Å². The normalized spacial score (nSPS) is 12.2. The molecule has 1 heterocycles. The summed E-state index contributed by atoms with van der Waals surface area (Å²) in [5.41, 5.74) is 1.24. The Morgan fingerprint density at radius 1 is 1.35 bits per heavy atom. The van der Waals surface area contributed by atoms with E-state index < -0.39 is 0 Å². The predicted octanol–water partition coefficient (Wildman–Crippen LogP) is 2.71. The topological polar surface area (TPSA) is 47.0 Å². The number of nitrogens with one attached hydrogen (secondary N) is 1. The van der Waals surface area contributed by atoms with Gasteiger partial charge in [-0.25, -0.2) is 4.39 Å². The highest BCUT2D eigenvalue weighted by molar-refractivity contribution is 5.34. The smallest absolute Gasteiger partial charge is 0.132 e. The maximum atomic E-state index is 14.2. The van der Waals surface area contributed by atoms with E-state index in [0.717, 1.165) is 13.0 Å². The predicted molar refractivity (Wildman–Crippen MR) is 75.1 cm³/mol. The Kier molecular flexibility index (Phi) is 5.01. The molecule has 0 aliphatic carbocycles. The van der Waals surface area contributed by atoms with Crippen molar-refractivity contribution in [3.05, 3.63) is 53.9 Å². The van der Waals surface area contributed by atoms with Crippen molar-refractivity contribution in [2.75, 3.05) is 13.7 Å². The zero-order chi connectivity index (χ0) is 14.4.